The Morgan fingerprint density at radius 2 is 2.25 bits per heavy atom. The van der Waals surface area contributed by atoms with Crippen molar-refractivity contribution < 1.29 is 4.79 Å². The summed E-state index contributed by atoms with van der Waals surface area (Å²) >= 11 is 3.41. The normalized spacial score (nSPS) is 10.3. The largest absolute Gasteiger partial charge is 0.308 e. The molecule has 0 atom stereocenters. The lowest BCUT2D eigenvalue weighted by atomic mass is 10.3. The Hall–Kier alpha value is -2.14. The summed E-state index contributed by atoms with van der Waals surface area (Å²) in [6.07, 6.45) is 1.41. The van der Waals surface area contributed by atoms with Gasteiger partial charge in [0.15, 0.2) is 0 Å². The van der Waals surface area contributed by atoms with Crippen molar-refractivity contribution in [2.45, 2.75) is 20.4 Å². The first-order valence-corrected chi connectivity index (χ1v) is 6.64. The molecule has 0 aliphatic rings. The van der Waals surface area contributed by atoms with Gasteiger partial charge >= 0.3 is 0 Å². The molecule has 0 bridgehead atoms. The molecule has 0 saturated carbocycles. The molecule has 0 aromatic carbocycles. The van der Waals surface area contributed by atoms with Gasteiger partial charge in [-0.05, 0) is 29.8 Å². The average Bonchev–Trinajstić information content (AvgIpc) is 2.87. The fourth-order valence-electron chi connectivity index (χ4n) is 1.80. The van der Waals surface area contributed by atoms with Crippen LogP contribution in [-0.2, 0) is 18.4 Å². The van der Waals surface area contributed by atoms with Crippen molar-refractivity contribution in [3.05, 3.63) is 27.6 Å². The van der Waals surface area contributed by atoms with E-state index in [1.165, 1.54) is 10.9 Å². The van der Waals surface area contributed by atoms with E-state index in [1.54, 1.807) is 11.7 Å². The fraction of sp³-hybridized carbons (Fsp3) is 0.333. The van der Waals surface area contributed by atoms with Gasteiger partial charge in [-0.25, -0.2) is 0 Å². The first-order chi connectivity index (χ1) is 9.43. The number of rotatable bonds is 3. The number of hydrogen-bond acceptors (Lipinski definition) is 4. The Bertz CT molecular complexity index is 708. The molecule has 0 aliphatic carbocycles. The van der Waals surface area contributed by atoms with Crippen LogP contribution in [-0.4, -0.2) is 25.5 Å². The van der Waals surface area contributed by atoms with Gasteiger partial charge in [-0.15, -0.1) is 0 Å². The number of nitrogens with zero attached hydrogens (tertiary/aromatic N) is 5. The smallest absolute Gasteiger partial charge is 0.247 e. The Kier molecular flexibility index (Phi) is 3.90. The second-order valence-electron chi connectivity index (χ2n) is 4.33. The molecule has 2 rings (SSSR count). The molecule has 0 aliphatic heterocycles. The third kappa shape index (κ3) is 2.58. The molecule has 20 heavy (non-hydrogen) atoms. The predicted molar refractivity (Wildman–Crippen MR) is 76.0 cm³/mol. The summed E-state index contributed by atoms with van der Waals surface area (Å²) in [6.45, 7) is 3.82. The van der Waals surface area contributed by atoms with Crippen LogP contribution in [0.15, 0.2) is 10.7 Å². The molecule has 2 aromatic heterocycles. The van der Waals surface area contributed by atoms with Crippen molar-refractivity contribution in [1.29, 1.82) is 5.26 Å². The molecule has 2 aromatic rings. The number of nitrogens with one attached hydrogen (secondary N) is 1. The number of halogens is 1. The third-order valence-corrected chi connectivity index (χ3v) is 4.05. The lowest BCUT2D eigenvalue weighted by molar-refractivity contribution is -0.117. The highest BCUT2D eigenvalue weighted by Gasteiger charge is 2.15. The number of aromatic nitrogens is 4. The highest BCUT2D eigenvalue weighted by atomic mass is 79.9. The van der Waals surface area contributed by atoms with Gasteiger partial charge in [0.1, 0.15) is 24.0 Å². The molecule has 0 saturated heterocycles. The highest BCUT2D eigenvalue weighted by molar-refractivity contribution is 9.10. The Balaban J connectivity index is 2.15. The lowest BCUT2D eigenvalue weighted by Gasteiger charge is -2.07. The Morgan fingerprint density at radius 3 is 2.80 bits per heavy atom. The molecular weight excluding hydrogens is 324 g/mol. The second kappa shape index (κ2) is 5.46. The summed E-state index contributed by atoms with van der Waals surface area (Å²) in [4.78, 5) is 12.0. The summed E-state index contributed by atoms with van der Waals surface area (Å²) in [7, 11) is 1.66. The third-order valence-electron chi connectivity index (χ3n) is 2.90. The predicted octanol–water partition coefficient (Wildman–Crippen LogP) is 1.51. The second-order valence-corrected chi connectivity index (χ2v) is 5.13. The van der Waals surface area contributed by atoms with Crippen LogP contribution in [0, 0.1) is 25.2 Å². The molecule has 2 heterocycles. The number of aryl methyl sites for hydroxylation is 2. The van der Waals surface area contributed by atoms with Crippen molar-refractivity contribution in [3.8, 4) is 6.07 Å². The summed E-state index contributed by atoms with van der Waals surface area (Å²) < 4.78 is 3.95. The van der Waals surface area contributed by atoms with Crippen LogP contribution in [0.25, 0.3) is 0 Å². The van der Waals surface area contributed by atoms with E-state index >= 15 is 0 Å². The first kappa shape index (κ1) is 14.3. The van der Waals surface area contributed by atoms with Crippen LogP contribution in [0.4, 0.5) is 5.82 Å². The maximum atomic E-state index is 12.0. The summed E-state index contributed by atoms with van der Waals surface area (Å²) in [5.74, 6) is 0.126. The SMILES string of the molecule is Cc1nn(CC(=O)Nc2c(C#N)cnn2C)c(C)c1Br. The quantitative estimate of drug-likeness (QED) is 0.919. The topological polar surface area (TPSA) is 88.5 Å². The van der Waals surface area contributed by atoms with Gasteiger partial charge < -0.3 is 5.32 Å². The van der Waals surface area contributed by atoms with E-state index in [0.717, 1.165) is 15.9 Å². The Morgan fingerprint density at radius 1 is 1.55 bits per heavy atom. The van der Waals surface area contributed by atoms with E-state index in [2.05, 4.69) is 31.4 Å². The summed E-state index contributed by atoms with van der Waals surface area (Å²) in [6, 6.07) is 1.98. The number of carbonyl (C=O) groups excluding carboxylic acids is 1. The summed E-state index contributed by atoms with van der Waals surface area (Å²) in [5.41, 5.74) is 2.03. The standard InChI is InChI=1S/C12H13BrN6O/c1-7-11(13)8(2)19(17-7)6-10(20)16-12-9(4-14)5-15-18(12)3/h5H,6H2,1-3H3,(H,16,20). The molecule has 0 unspecified atom stereocenters. The van der Waals surface area contributed by atoms with Crippen molar-refractivity contribution in [2.75, 3.05) is 5.32 Å². The number of amides is 1. The molecule has 1 amide bonds. The van der Waals surface area contributed by atoms with Gasteiger partial charge in [-0.3, -0.25) is 14.2 Å². The average molecular weight is 337 g/mol. The fourth-order valence-corrected chi connectivity index (χ4v) is 2.09. The van der Waals surface area contributed by atoms with E-state index < -0.39 is 0 Å². The maximum Gasteiger partial charge on any atom is 0.247 e. The van der Waals surface area contributed by atoms with Crippen molar-refractivity contribution in [3.63, 3.8) is 0 Å². The molecule has 0 radical (unpaired) electrons. The molecule has 7 nitrogen and oxygen atoms in total. The zero-order valence-corrected chi connectivity index (χ0v) is 12.9. The van der Waals surface area contributed by atoms with Crippen molar-refractivity contribution in [2.24, 2.45) is 7.05 Å². The number of nitriles is 1. The van der Waals surface area contributed by atoms with Gasteiger partial charge in [0.2, 0.25) is 5.91 Å². The molecule has 8 heteroatoms. The van der Waals surface area contributed by atoms with E-state index in [0.29, 0.717) is 11.4 Å². The Labute approximate surface area is 124 Å². The van der Waals surface area contributed by atoms with Crippen molar-refractivity contribution in [1.82, 2.24) is 19.6 Å². The molecular formula is C12H13BrN6O. The van der Waals surface area contributed by atoms with E-state index in [1.807, 2.05) is 19.9 Å². The zero-order chi connectivity index (χ0) is 14.9. The van der Waals surface area contributed by atoms with Crippen molar-refractivity contribution >= 4 is 27.7 Å². The zero-order valence-electron chi connectivity index (χ0n) is 11.3. The van der Waals surface area contributed by atoms with E-state index in [9.17, 15) is 4.79 Å². The monoisotopic (exact) mass is 336 g/mol. The van der Waals surface area contributed by atoms with Crippen LogP contribution >= 0.6 is 15.9 Å². The minimum atomic E-state index is -0.261. The van der Waals surface area contributed by atoms with Crippen LogP contribution in [0.1, 0.15) is 17.0 Å². The maximum absolute atomic E-state index is 12.0. The molecule has 0 spiro atoms. The number of carbonyl (C=O) groups is 1. The first-order valence-electron chi connectivity index (χ1n) is 5.85. The minimum absolute atomic E-state index is 0.0777. The summed E-state index contributed by atoms with van der Waals surface area (Å²) in [5, 5.41) is 19.8. The van der Waals surface area contributed by atoms with Gasteiger partial charge in [-0.1, -0.05) is 0 Å². The molecule has 1 N–H and O–H groups in total. The minimum Gasteiger partial charge on any atom is -0.308 e. The van der Waals surface area contributed by atoms with E-state index in [-0.39, 0.29) is 12.5 Å². The highest BCUT2D eigenvalue weighted by Crippen LogP contribution is 2.20. The van der Waals surface area contributed by atoms with Gasteiger partial charge in [0.05, 0.1) is 22.1 Å². The van der Waals surface area contributed by atoms with Crippen LogP contribution < -0.4 is 5.32 Å². The van der Waals surface area contributed by atoms with Gasteiger partial charge in [-0.2, -0.15) is 15.5 Å². The number of hydrogen-bond donors (Lipinski definition) is 1. The molecule has 104 valence electrons. The van der Waals surface area contributed by atoms with Crippen LogP contribution in [0.5, 0.6) is 0 Å². The van der Waals surface area contributed by atoms with Gasteiger partial charge in [0.25, 0.3) is 0 Å². The van der Waals surface area contributed by atoms with Crippen LogP contribution in [0.2, 0.25) is 0 Å². The number of anilines is 1. The van der Waals surface area contributed by atoms with Gasteiger partial charge in [0, 0.05) is 7.05 Å². The lowest BCUT2D eigenvalue weighted by Crippen LogP contribution is -2.22. The van der Waals surface area contributed by atoms with E-state index in [4.69, 9.17) is 5.26 Å². The molecule has 0 fully saturated rings. The van der Waals surface area contributed by atoms with Crippen LogP contribution in [0.3, 0.4) is 0 Å².